The first kappa shape index (κ1) is 34.3. The van der Waals surface area contributed by atoms with Crippen LogP contribution in [0.25, 0.3) is 0 Å². The normalized spacial score (nSPS) is 18.7. The number of aromatic amines is 2. The Kier molecular flexibility index (Phi) is 10.7. The van der Waals surface area contributed by atoms with Crippen molar-refractivity contribution in [1.29, 1.82) is 0 Å². The number of benzene rings is 2. The van der Waals surface area contributed by atoms with E-state index in [9.17, 15) is 14.4 Å². The smallest absolute Gasteiger partial charge is 0.415 e. The van der Waals surface area contributed by atoms with Crippen molar-refractivity contribution >= 4 is 41.0 Å². The molecule has 4 aromatic rings. The molecule has 0 radical (unpaired) electrons. The number of nitrogens with zero attached hydrogens (tertiary/aromatic N) is 2. The molecule has 2 N–H and O–H groups in total. The lowest BCUT2D eigenvalue weighted by Crippen LogP contribution is -2.53. The van der Waals surface area contributed by atoms with Crippen LogP contribution >= 0.6 is 23.2 Å². The van der Waals surface area contributed by atoms with Gasteiger partial charge in [-0.05, 0) is 67.2 Å². The summed E-state index contributed by atoms with van der Waals surface area (Å²) < 4.78 is 22.9. The number of nitrogens with one attached hydrogen (secondary N) is 2. The Morgan fingerprint density at radius 3 is 2.35 bits per heavy atom. The minimum atomic E-state index is -0.786. The fourth-order valence-corrected chi connectivity index (χ4v) is 6.90. The van der Waals surface area contributed by atoms with Crippen molar-refractivity contribution in [2.75, 3.05) is 38.8 Å². The molecule has 7 rings (SSSR count). The van der Waals surface area contributed by atoms with Gasteiger partial charge in [0.2, 0.25) is 5.43 Å². The number of esters is 1. The van der Waals surface area contributed by atoms with E-state index in [0.717, 1.165) is 25.9 Å². The maximum atomic E-state index is 13.6. The summed E-state index contributed by atoms with van der Waals surface area (Å²) in [5.41, 5.74) is 2.07. The van der Waals surface area contributed by atoms with Gasteiger partial charge in [0.25, 0.3) is 0 Å². The molecular formula is C36H37Cl2N4O7+. The van der Waals surface area contributed by atoms with Gasteiger partial charge in [0.1, 0.15) is 27.9 Å². The van der Waals surface area contributed by atoms with E-state index in [-0.39, 0.29) is 35.7 Å². The van der Waals surface area contributed by atoms with Crippen molar-refractivity contribution in [2.45, 2.75) is 38.0 Å². The predicted molar refractivity (Wildman–Crippen MR) is 184 cm³/mol. The molecule has 3 saturated heterocycles. The van der Waals surface area contributed by atoms with Crippen LogP contribution in [0.4, 0.5) is 10.5 Å². The molecule has 49 heavy (non-hydrogen) atoms. The fourth-order valence-electron chi connectivity index (χ4n) is 6.37. The molecule has 1 amide bonds. The number of amides is 1. The maximum Gasteiger partial charge on any atom is 0.415 e. The molecule has 256 valence electrons. The lowest BCUT2D eigenvalue weighted by molar-refractivity contribution is -0.377. The standard InChI is InChI=1S/C36H36Cl2N4O7/c1-46-31-8-7-25(15-33(31)47-2)32(16-26-27(37)17-40-18-28(26)38)48-35(44)24-5-3-22(4-6-24)20-42(29-19-39-12-9-30(29)43)36(45)49-34-21-41-13-10-23(34)11-14-41/h3-9,12,15,17-19,23,32,34H,10-11,13-14,16,20-21H2,1-2H3,(H,39,43)/p+1/t32-,34-/m0/s1. The van der Waals surface area contributed by atoms with Crippen LogP contribution in [0.5, 0.6) is 11.5 Å². The van der Waals surface area contributed by atoms with Gasteiger partial charge in [0.15, 0.2) is 23.9 Å². The molecule has 3 aliphatic heterocycles. The number of carbonyl (C=O) groups is 2. The Labute approximate surface area is 293 Å². The number of hydrogen-bond donors (Lipinski definition) is 1. The van der Waals surface area contributed by atoms with Crippen LogP contribution in [0, 0.1) is 5.92 Å². The van der Waals surface area contributed by atoms with Crippen molar-refractivity contribution in [3.8, 4) is 11.5 Å². The summed E-state index contributed by atoms with van der Waals surface area (Å²) in [5.74, 6) is 0.721. The third kappa shape index (κ3) is 7.85. The first-order valence-electron chi connectivity index (χ1n) is 16.0. The molecule has 0 unspecified atom stereocenters. The van der Waals surface area contributed by atoms with Crippen LogP contribution in [0.15, 0.2) is 78.1 Å². The number of pyridine rings is 2. The molecule has 2 aromatic carbocycles. The summed E-state index contributed by atoms with van der Waals surface area (Å²) in [7, 11) is 3.06. The minimum Gasteiger partial charge on any atom is -0.493 e. The third-order valence-electron chi connectivity index (χ3n) is 9.11. The fraction of sp³-hybridized carbons (Fsp3) is 0.333. The zero-order chi connectivity index (χ0) is 34.5. The van der Waals surface area contributed by atoms with Crippen LogP contribution in [-0.4, -0.2) is 61.9 Å². The average Bonchev–Trinajstić information content (AvgIpc) is 3.12. The molecule has 3 fully saturated rings. The van der Waals surface area contributed by atoms with E-state index in [0.29, 0.717) is 50.7 Å². The van der Waals surface area contributed by atoms with E-state index >= 15 is 0 Å². The number of aromatic nitrogens is 2. The van der Waals surface area contributed by atoms with Gasteiger partial charge >= 0.3 is 12.1 Å². The van der Waals surface area contributed by atoms with Crippen molar-refractivity contribution < 1.29 is 33.5 Å². The Morgan fingerprint density at radius 1 is 1.00 bits per heavy atom. The number of piperidine rings is 3. The lowest BCUT2D eigenvalue weighted by Gasteiger charge is -2.44. The number of anilines is 1. The van der Waals surface area contributed by atoms with E-state index < -0.39 is 18.2 Å². The highest BCUT2D eigenvalue weighted by molar-refractivity contribution is 6.35. The lowest BCUT2D eigenvalue weighted by atomic mass is 9.86. The molecule has 5 heterocycles. The van der Waals surface area contributed by atoms with Gasteiger partial charge in [-0.3, -0.25) is 14.6 Å². The zero-order valence-electron chi connectivity index (χ0n) is 27.1. The van der Waals surface area contributed by atoms with E-state index in [2.05, 4.69) is 14.9 Å². The Bertz CT molecular complexity index is 1840. The molecule has 2 bridgehead atoms. The van der Waals surface area contributed by atoms with E-state index in [1.54, 1.807) is 54.9 Å². The largest absolute Gasteiger partial charge is 0.493 e. The van der Waals surface area contributed by atoms with Gasteiger partial charge in [-0.1, -0.05) is 41.4 Å². The third-order valence-corrected chi connectivity index (χ3v) is 9.78. The number of carbonyl (C=O) groups excluding carboxylic acids is 2. The number of methoxy groups -OCH3 is 2. The average molecular weight is 709 g/mol. The first-order valence-corrected chi connectivity index (χ1v) is 16.7. The van der Waals surface area contributed by atoms with E-state index in [1.807, 2.05) is 0 Å². The van der Waals surface area contributed by atoms with E-state index in [1.165, 1.54) is 37.6 Å². The van der Waals surface area contributed by atoms with Crippen molar-refractivity contribution in [2.24, 2.45) is 5.92 Å². The topological polar surface area (TPSA) is 125 Å². The molecule has 0 saturated carbocycles. The second-order valence-corrected chi connectivity index (χ2v) is 12.9. The highest BCUT2D eigenvalue weighted by atomic mass is 35.5. The Hall–Kier alpha value is -4.58. The number of halogens is 2. The van der Waals surface area contributed by atoms with Gasteiger partial charge in [0, 0.05) is 37.0 Å². The maximum absolute atomic E-state index is 13.6. The highest BCUT2D eigenvalue weighted by Crippen LogP contribution is 2.35. The van der Waals surface area contributed by atoms with Crippen molar-refractivity contribution in [3.63, 3.8) is 0 Å². The van der Waals surface area contributed by atoms with Gasteiger partial charge in [-0.25, -0.2) is 14.6 Å². The summed E-state index contributed by atoms with van der Waals surface area (Å²) in [4.78, 5) is 49.4. The molecule has 13 heteroatoms. The number of ether oxygens (including phenoxy) is 4. The summed E-state index contributed by atoms with van der Waals surface area (Å²) in [6, 6.07) is 13.3. The number of hydrogen-bond acceptors (Lipinski definition) is 8. The van der Waals surface area contributed by atoms with Crippen LogP contribution in [0.1, 0.15) is 46.0 Å². The van der Waals surface area contributed by atoms with E-state index in [4.69, 9.17) is 42.1 Å². The predicted octanol–water partition coefficient (Wildman–Crippen LogP) is 5.89. The number of H-pyrrole nitrogens is 2. The van der Waals surface area contributed by atoms with Crippen LogP contribution in [0.2, 0.25) is 10.0 Å². The second-order valence-electron chi connectivity index (χ2n) is 12.1. The van der Waals surface area contributed by atoms with Crippen molar-refractivity contribution in [3.05, 3.63) is 116 Å². The summed E-state index contributed by atoms with van der Waals surface area (Å²) in [6.45, 7) is 2.77. The van der Waals surface area contributed by atoms with Gasteiger partial charge in [-0.15, -0.1) is 0 Å². The second kappa shape index (κ2) is 15.3. The van der Waals surface area contributed by atoms with Crippen LogP contribution < -0.4 is 24.8 Å². The van der Waals surface area contributed by atoms with Gasteiger partial charge < -0.3 is 23.9 Å². The highest BCUT2D eigenvalue weighted by Gasteiger charge is 2.37. The van der Waals surface area contributed by atoms with Gasteiger partial charge in [0.05, 0.1) is 26.3 Å². The molecule has 2 aromatic heterocycles. The summed E-state index contributed by atoms with van der Waals surface area (Å²) in [5, 5.41) is 0.791. The monoisotopic (exact) mass is 707 g/mol. The molecule has 3 aliphatic rings. The SMILES string of the molecule is COc1ccc([C@H](Cc2c(Cl)c[nH+]cc2Cl)OC(=O)c2ccc(CN(C(=O)O[C@H]3CN4CCC3CC4)c3c[nH]ccc3=O)cc2)cc1OC. The summed E-state index contributed by atoms with van der Waals surface area (Å²) >= 11 is 12.9. The summed E-state index contributed by atoms with van der Waals surface area (Å²) in [6.07, 6.45) is 6.77. The molecule has 2 atom stereocenters. The molecule has 11 nitrogen and oxygen atoms in total. The Balaban J connectivity index is 1.21. The molecule has 0 spiro atoms. The van der Waals surface area contributed by atoms with Gasteiger partial charge in [-0.2, -0.15) is 0 Å². The minimum absolute atomic E-state index is 0.0542. The van der Waals surface area contributed by atoms with Crippen LogP contribution in [0.3, 0.4) is 0 Å². The molecular weight excluding hydrogens is 671 g/mol. The number of rotatable bonds is 11. The van der Waals surface area contributed by atoms with Crippen molar-refractivity contribution in [1.82, 2.24) is 9.88 Å². The quantitative estimate of drug-likeness (QED) is 0.191. The first-order chi connectivity index (χ1) is 23.7. The van der Waals surface area contributed by atoms with Crippen LogP contribution in [-0.2, 0) is 22.4 Å². The zero-order valence-corrected chi connectivity index (χ0v) is 28.6. The molecule has 0 aliphatic carbocycles. The number of fused-ring (bicyclic) bond motifs is 3. The Morgan fingerprint density at radius 2 is 1.71 bits per heavy atom.